The first-order valence-corrected chi connectivity index (χ1v) is 11.0. The topological polar surface area (TPSA) is 114 Å². The zero-order valence-corrected chi connectivity index (χ0v) is 18.9. The number of carbonyl (C=O) groups is 2. The van der Waals surface area contributed by atoms with E-state index in [2.05, 4.69) is 10.4 Å². The predicted octanol–water partition coefficient (Wildman–Crippen LogP) is 2.35. The molecule has 1 unspecified atom stereocenters. The summed E-state index contributed by atoms with van der Waals surface area (Å²) in [4.78, 5) is 29.4. The van der Waals surface area contributed by atoms with Gasteiger partial charge in [-0.25, -0.2) is 9.18 Å². The van der Waals surface area contributed by atoms with E-state index in [1.54, 1.807) is 27.6 Å². The number of hydrogen-bond donors (Lipinski definition) is 2. The summed E-state index contributed by atoms with van der Waals surface area (Å²) >= 11 is 0. The standard InChI is InChI=1S/C23H27FN6O3/c1-4-20(31)15-10-28(3)22(32)21-17-12-29(13(2)7-19(17)27-30(21)11-15)23(33)26-16-5-6-18(24)14(8-16)9-25/h5-6,8,13,15,20,31H,4,7,10-12H2,1-3H3,(H,26,33)/t13-,15?,20+/m1/s1. The van der Waals surface area contributed by atoms with E-state index in [-0.39, 0.29) is 30.0 Å². The van der Waals surface area contributed by atoms with Gasteiger partial charge in [0.1, 0.15) is 17.6 Å². The van der Waals surface area contributed by atoms with Crippen molar-refractivity contribution >= 4 is 17.6 Å². The molecule has 0 bridgehead atoms. The van der Waals surface area contributed by atoms with E-state index in [4.69, 9.17) is 5.26 Å². The van der Waals surface area contributed by atoms with E-state index < -0.39 is 18.0 Å². The molecule has 3 atom stereocenters. The van der Waals surface area contributed by atoms with Gasteiger partial charge in [0.2, 0.25) is 0 Å². The molecule has 0 fully saturated rings. The highest BCUT2D eigenvalue weighted by atomic mass is 19.1. The molecule has 0 aliphatic carbocycles. The maximum atomic E-state index is 13.6. The summed E-state index contributed by atoms with van der Waals surface area (Å²) < 4.78 is 15.3. The van der Waals surface area contributed by atoms with Crippen LogP contribution in [0.25, 0.3) is 0 Å². The van der Waals surface area contributed by atoms with E-state index in [0.717, 1.165) is 11.8 Å². The fourth-order valence-corrected chi connectivity index (χ4v) is 4.59. The number of nitrogens with one attached hydrogen (secondary N) is 1. The van der Waals surface area contributed by atoms with Crippen LogP contribution < -0.4 is 5.32 Å². The Bertz CT molecular complexity index is 1140. The molecule has 1 aromatic carbocycles. The maximum absolute atomic E-state index is 13.6. The van der Waals surface area contributed by atoms with Gasteiger partial charge in [-0.3, -0.25) is 9.48 Å². The summed E-state index contributed by atoms with van der Waals surface area (Å²) in [5.74, 6) is -0.957. The van der Waals surface area contributed by atoms with Crippen molar-refractivity contribution in [2.24, 2.45) is 5.92 Å². The lowest BCUT2D eigenvalue weighted by Crippen LogP contribution is -2.45. The van der Waals surface area contributed by atoms with Gasteiger partial charge in [-0.1, -0.05) is 6.92 Å². The van der Waals surface area contributed by atoms with Crippen molar-refractivity contribution in [2.45, 2.75) is 51.9 Å². The van der Waals surface area contributed by atoms with Crippen molar-refractivity contribution in [1.82, 2.24) is 19.6 Å². The van der Waals surface area contributed by atoms with Crippen LogP contribution in [0.5, 0.6) is 0 Å². The highest BCUT2D eigenvalue weighted by molar-refractivity contribution is 5.95. The van der Waals surface area contributed by atoms with Gasteiger partial charge < -0.3 is 20.2 Å². The molecular formula is C23H27FN6O3. The highest BCUT2D eigenvalue weighted by Crippen LogP contribution is 2.30. The fraction of sp³-hybridized carbons (Fsp3) is 0.478. The fourth-order valence-electron chi connectivity index (χ4n) is 4.59. The van der Waals surface area contributed by atoms with E-state index >= 15 is 0 Å². The molecule has 3 amide bonds. The molecule has 2 aliphatic heterocycles. The second kappa shape index (κ2) is 8.83. The van der Waals surface area contributed by atoms with Crippen LogP contribution in [-0.4, -0.2) is 62.4 Å². The van der Waals surface area contributed by atoms with Gasteiger partial charge in [0.25, 0.3) is 5.91 Å². The second-order valence-electron chi connectivity index (χ2n) is 8.79. The molecule has 9 nitrogen and oxygen atoms in total. The number of nitrogens with zero attached hydrogens (tertiary/aromatic N) is 5. The third-order valence-electron chi connectivity index (χ3n) is 6.51. The number of anilines is 1. The normalized spacial score (nSPS) is 21.0. The van der Waals surface area contributed by atoms with Crippen molar-refractivity contribution in [3.8, 4) is 6.07 Å². The number of amides is 3. The number of aromatic nitrogens is 2. The summed E-state index contributed by atoms with van der Waals surface area (Å²) in [6.45, 7) is 4.87. The third-order valence-corrected chi connectivity index (χ3v) is 6.51. The number of rotatable bonds is 3. The molecule has 33 heavy (non-hydrogen) atoms. The predicted molar refractivity (Wildman–Crippen MR) is 118 cm³/mol. The smallest absolute Gasteiger partial charge is 0.322 e. The molecule has 2 aromatic rings. The van der Waals surface area contributed by atoms with Crippen molar-refractivity contribution in [3.05, 3.63) is 46.5 Å². The van der Waals surface area contributed by atoms with Gasteiger partial charge in [-0.05, 0) is 31.5 Å². The quantitative estimate of drug-likeness (QED) is 0.739. The average molecular weight is 455 g/mol. The lowest BCUT2D eigenvalue weighted by atomic mass is 9.99. The monoisotopic (exact) mass is 454 g/mol. The Morgan fingerprint density at radius 3 is 2.88 bits per heavy atom. The molecule has 10 heteroatoms. The Kier molecular flexibility index (Phi) is 6.08. The summed E-state index contributed by atoms with van der Waals surface area (Å²) in [5, 5.41) is 26.8. The Morgan fingerprint density at radius 1 is 1.42 bits per heavy atom. The largest absolute Gasteiger partial charge is 0.393 e. The third kappa shape index (κ3) is 4.16. The first-order valence-electron chi connectivity index (χ1n) is 11.0. The van der Waals surface area contributed by atoms with Gasteiger partial charge in [-0.2, -0.15) is 10.4 Å². The molecule has 1 aromatic heterocycles. The minimum absolute atomic E-state index is 0.129. The number of aliphatic hydroxyl groups excluding tert-OH is 1. The lowest BCUT2D eigenvalue weighted by molar-refractivity contribution is 0.0625. The van der Waals surface area contributed by atoms with E-state index in [1.165, 1.54) is 12.1 Å². The van der Waals surface area contributed by atoms with Crippen molar-refractivity contribution in [3.63, 3.8) is 0 Å². The molecule has 3 heterocycles. The minimum Gasteiger partial charge on any atom is -0.393 e. The van der Waals surface area contributed by atoms with Crippen LogP contribution in [0.4, 0.5) is 14.9 Å². The number of hydrogen-bond acceptors (Lipinski definition) is 5. The van der Waals surface area contributed by atoms with Gasteiger partial charge in [0, 0.05) is 49.8 Å². The Balaban J connectivity index is 1.61. The molecule has 174 valence electrons. The van der Waals surface area contributed by atoms with Gasteiger partial charge >= 0.3 is 6.03 Å². The zero-order chi connectivity index (χ0) is 23.9. The number of benzene rings is 1. The van der Waals surface area contributed by atoms with Crippen molar-refractivity contribution in [1.29, 1.82) is 5.26 Å². The Labute approximate surface area is 191 Å². The van der Waals surface area contributed by atoms with Crippen LogP contribution in [0.15, 0.2) is 18.2 Å². The van der Waals surface area contributed by atoms with Crippen LogP contribution >= 0.6 is 0 Å². The molecule has 0 radical (unpaired) electrons. The average Bonchev–Trinajstić information content (AvgIpc) is 3.08. The van der Waals surface area contributed by atoms with Gasteiger partial charge in [0.05, 0.1) is 23.9 Å². The first kappa shape index (κ1) is 22.7. The minimum atomic E-state index is -0.650. The number of fused-ring (bicyclic) bond motifs is 3. The van der Waals surface area contributed by atoms with Crippen LogP contribution in [0.1, 0.15) is 47.6 Å². The second-order valence-corrected chi connectivity index (χ2v) is 8.79. The van der Waals surface area contributed by atoms with Gasteiger partial charge in [0.15, 0.2) is 0 Å². The molecule has 0 spiro atoms. The van der Waals surface area contributed by atoms with Crippen LogP contribution in [0, 0.1) is 23.1 Å². The summed E-state index contributed by atoms with van der Waals surface area (Å²) in [6.07, 6.45) is 0.529. The number of urea groups is 1. The maximum Gasteiger partial charge on any atom is 0.322 e. The molecule has 0 saturated carbocycles. The Morgan fingerprint density at radius 2 is 2.18 bits per heavy atom. The highest BCUT2D eigenvalue weighted by Gasteiger charge is 2.38. The van der Waals surface area contributed by atoms with E-state index in [9.17, 15) is 19.1 Å². The molecule has 0 saturated heterocycles. The SMILES string of the molecule is CC[C@H](O)C1CN(C)C(=O)c2c3c(nn2C1)C[C@@H](C)N(C(=O)Nc1ccc(F)c(C#N)c1)C3. The first-order chi connectivity index (χ1) is 15.7. The van der Waals surface area contributed by atoms with Crippen LogP contribution in [0.2, 0.25) is 0 Å². The van der Waals surface area contributed by atoms with E-state index in [1.807, 2.05) is 13.8 Å². The summed E-state index contributed by atoms with van der Waals surface area (Å²) in [5.41, 5.74) is 2.11. The van der Waals surface area contributed by atoms with E-state index in [0.29, 0.717) is 42.9 Å². The van der Waals surface area contributed by atoms with Crippen molar-refractivity contribution in [2.75, 3.05) is 18.9 Å². The van der Waals surface area contributed by atoms with Crippen LogP contribution in [-0.2, 0) is 19.5 Å². The molecule has 2 aliphatic rings. The lowest BCUT2D eigenvalue weighted by Gasteiger charge is -2.33. The molecule has 2 N–H and O–H groups in total. The number of carbonyl (C=O) groups excluding carboxylic acids is 2. The van der Waals surface area contributed by atoms with Crippen molar-refractivity contribution < 1.29 is 19.1 Å². The molecule has 4 rings (SSSR count). The van der Waals surface area contributed by atoms with Crippen LogP contribution in [0.3, 0.4) is 0 Å². The zero-order valence-electron chi connectivity index (χ0n) is 18.9. The van der Waals surface area contributed by atoms with Gasteiger partial charge in [-0.15, -0.1) is 0 Å². The molecular weight excluding hydrogens is 427 g/mol. The summed E-state index contributed by atoms with van der Waals surface area (Å²) in [6, 6.07) is 5.00. The number of halogens is 1. The Hall–Kier alpha value is -3.45. The number of nitriles is 1. The summed E-state index contributed by atoms with van der Waals surface area (Å²) in [7, 11) is 1.71. The number of aliphatic hydroxyl groups is 1.